The SMILES string of the molecule is c1ccc2c(c1)nnn2C1COCCO1. The van der Waals surface area contributed by atoms with Crippen LogP contribution in [0.2, 0.25) is 0 Å². The third-order valence-corrected chi connectivity index (χ3v) is 2.45. The zero-order chi connectivity index (χ0) is 10.1. The maximum absolute atomic E-state index is 5.57. The minimum Gasteiger partial charge on any atom is -0.374 e. The van der Waals surface area contributed by atoms with Crippen molar-refractivity contribution in [1.29, 1.82) is 0 Å². The standard InChI is InChI=1S/C10H11N3O2/c1-2-4-9-8(3-1)11-12-13(9)10-7-14-5-6-15-10/h1-4,10H,5-7H2. The highest BCUT2D eigenvalue weighted by Gasteiger charge is 2.19. The minimum absolute atomic E-state index is 0.147. The van der Waals surface area contributed by atoms with Crippen LogP contribution in [-0.4, -0.2) is 34.8 Å². The van der Waals surface area contributed by atoms with Gasteiger partial charge < -0.3 is 9.47 Å². The van der Waals surface area contributed by atoms with Crippen LogP contribution in [0.1, 0.15) is 6.23 Å². The highest BCUT2D eigenvalue weighted by atomic mass is 16.6. The van der Waals surface area contributed by atoms with Crippen molar-refractivity contribution in [3.8, 4) is 0 Å². The summed E-state index contributed by atoms with van der Waals surface area (Å²) in [5.41, 5.74) is 1.86. The van der Waals surface area contributed by atoms with Crippen LogP contribution in [0.25, 0.3) is 11.0 Å². The average Bonchev–Trinajstić information content (AvgIpc) is 2.74. The Bertz CT molecular complexity index is 462. The average molecular weight is 205 g/mol. The fourth-order valence-electron chi connectivity index (χ4n) is 1.72. The molecule has 15 heavy (non-hydrogen) atoms. The monoisotopic (exact) mass is 205 g/mol. The number of hydrogen-bond acceptors (Lipinski definition) is 4. The van der Waals surface area contributed by atoms with Crippen LogP contribution in [0.15, 0.2) is 24.3 Å². The predicted octanol–water partition coefficient (Wildman–Crippen LogP) is 0.977. The summed E-state index contributed by atoms with van der Waals surface area (Å²) in [5.74, 6) is 0. The van der Waals surface area contributed by atoms with Gasteiger partial charge in [0.2, 0.25) is 0 Å². The van der Waals surface area contributed by atoms with Crippen LogP contribution in [-0.2, 0) is 9.47 Å². The maximum atomic E-state index is 5.57. The Kier molecular flexibility index (Phi) is 2.12. The van der Waals surface area contributed by atoms with E-state index in [9.17, 15) is 0 Å². The molecule has 2 heterocycles. The van der Waals surface area contributed by atoms with E-state index in [2.05, 4.69) is 10.3 Å². The van der Waals surface area contributed by atoms with Crippen molar-refractivity contribution in [1.82, 2.24) is 15.0 Å². The van der Waals surface area contributed by atoms with Crippen molar-refractivity contribution >= 4 is 11.0 Å². The van der Waals surface area contributed by atoms with Gasteiger partial charge in [-0.3, -0.25) is 0 Å². The summed E-state index contributed by atoms with van der Waals surface area (Å²) in [5, 5.41) is 8.15. The highest BCUT2D eigenvalue weighted by Crippen LogP contribution is 2.18. The fourth-order valence-corrected chi connectivity index (χ4v) is 1.72. The topological polar surface area (TPSA) is 49.2 Å². The molecule has 1 unspecified atom stereocenters. The number of rotatable bonds is 1. The first kappa shape index (κ1) is 8.82. The Morgan fingerprint density at radius 1 is 1.27 bits per heavy atom. The quantitative estimate of drug-likeness (QED) is 0.696. The smallest absolute Gasteiger partial charge is 0.175 e. The number of fused-ring (bicyclic) bond motifs is 1. The number of aromatic nitrogens is 3. The summed E-state index contributed by atoms with van der Waals surface area (Å²) in [4.78, 5) is 0. The Labute approximate surface area is 86.6 Å². The Balaban J connectivity index is 2.02. The van der Waals surface area contributed by atoms with Gasteiger partial charge in [0, 0.05) is 0 Å². The summed E-state index contributed by atoms with van der Waals surface area (Å²) in [6, 6.07) is 7.82. The van der Waals surface area contributed by atoms with Crippen LogP contribution in [0.5, 0.6) is 0 Å². The third-order valence-electron chi connectivity index (χ3n) is 2.45. The van der Waals surface area contributed by atoms with Gasteiger partial charge in [-0.25, -0.2) is 4.68 Å². The summed E-state index contributed by atoms with van der Waals surface area (Å²) in [6.45, 7) is 1.80. The largest absolute Gasteiger partial charge is 0.374 e. The molecule has 2 aromatic rings. The van der Waals surface area contributed by atoms with Crippen LogP contribution < -0.4 is 0 Å². The van der Waals surface area contributed by atoms with E-state index in [1.165, 1.54) is 0 Å². The molecule has 5 nitrogen and oxygen atoms in total. The molecule has 5 heteroatoms. The molecular weight excluding hydrogens is 194 g/mol. The van der Waals surface area contributed by atoms with Gasteiger partial charge in [0.05, 0.1) is 25.3 Å². The molecule has 1 atom stereocenters. The predicted molar refractivity (Wildman–Crippen MR) is 53.3 cm³/mol. The van der Waals surface area contributed by atoms with E-state index >= 15 is 0 Å². The summed E-state index contributed by atoms with van der Waals surface area (Å²) in [7, 11) is 0. The molecule has 0 saturated carbocycles. The lowest BCUT2D eigenvalue weighted by Crippen LogP contribution is -2.27. The molecule has 0 aliphatic carbocycles. The van der Waals surface area contributed by atoms with Gasteiger partial charge in [-0.05, 0) is 12.1 Å². The number of benzene rings is 1. The zero-order valence-electron chi connectivity index (χ0n) is 8.17. The van der Waals surface area contributed by atoms with E-state index in [1.807, 2.05) is 24.3 Å². The van der Waals surface area contributed by atoms with Gasteiger partial charge in [-0.2, -0.15) is 0 Å². The second kappa shape index (κ2) is 3.60. The summed E-state index contributed by atoms with van der Waals surface area (Å²) >= 11 is 0. The molecule has 1 fully saturated rings. The van der Waals surface area contributed by atoms with Crippen molar-refractivity contribution < 1.29 is 9.47 Å². The van der Waals surface area contributed by atoms with Crippen LogP contribution in [0, 0.1) is 0 Å². The van der Waals surface area contributed by atoms with E-state index < -0.39 is 0 Å². The van der Waals surface area contributed by atoms with E-state index in [-0.39, 0.29) is 6.23 Å². The number of nitrogens with zero attached hydrogens (tertiary/aromatic N) is 3. The molecule has 0 radical (unpaired) electrons. The van der Waals surface area contributed by atoms with Gasteiger partial charge in [0.1, 0.15) is 5.52 Å². The highest BCUT2D eigenvalue weighted by molar-refractivity contribution is 5.73. The van der Waals surface area contributed by atoms with Gasteiger partial charge in [-0.1, -0.05) is 17.3 Å². The molecule has 1 aliphatic heterocycles. The molecule has 0 N–H and O–H groups in total. The number of para-hydroxylation sites is 1. The normalized spacial score (nSPS) is 22.0. The molecule has 1 aromatic heterocycles. The molecule has 0 amide bonds. The lowest BCUT2D eigenvalue weighted by atomic mass is 10.3. The lowest BCUT2D eigenvalue weighted by molar-refractivity contribution is -0.126. The van der Waals surface area contributed by atoms with Crippen molar-refractivity contribution in [2.24, 2.45) is 0 Å². The molecule has 0 spiro atoms. The third kappa shape index (κ3) is 1.49. The Hall–Kier alpha value is -1.46. The first-order valence-electron chi connectivity index (χ1n) is 4.94. The van der Waals surface area contributed by atoms with E-state index in [1.54, 1.807) is 4.68 Å². The Morgan fingerprint density at radius 2 is 2.20 bits per heavy atom. The summed E-state index contributed by atoms with van der Waals surface area (Å²) in [6.07, 6.45) is -0.147. The van der Waals surface area contributed by atoms with Gasteiger partial charge in [0.15, 0.2) is 6.23 Å². The molecule has 1 aliphatic rings. The van der Waals surface area contributed by atoms with E-state index in [0.29, 0.717) is 19.8 Å². The van der Waals surface area contributed by atoms with Gasteiger partial charge in [-0.15, -0.1) is 5.10 Å². The van der Waals surface area contributed by atoms with Crippen molar-refractivity contribution in [3.63, 3.8) is 0 Å². The van der Waals surface area contributed by atoms with Crippen molar-refractivity contribution in [3.05, 3.63) is 24.3 Å². The zero-order valence-corrected chi connectivity index (χ0v) is 8.17. The van der Waals surface area contributed by atoms with Crippen LogP contribution in [0.4, 0.5) is 0 Å². The lowest BCUT2D eigenvalue weighted by Gasteiger charge is -2.22. The molecule has 3 rings (SSSR count). The second-order valence-electron chi connectivity index (χ2n) is 3.42. The number of hydrogen-bond donors (Lipinski definition) is 0. The van der Waals surface area contributed by atoms with Crippen LogP contribution in [0.3, 0.4) is 0 Å². The maximum Gasteiger partial charge on any atom is 0.175 e. The first-order valence-corrected chi connectivity index (χ1v) is 4.94. The number of ether oxygens (including phenoxy) is 2. The van der Waals surface area contributed by atoms with Crippen molar-refractivity contribution in [2.75, 3.05) is 19.8 Å². The van der Waals surface area contributed by atoms with Crippen LogP contribution >= 0.6 is 0 Å². The van der Waals surface area contributed by atoms with E-state index in [0.717, 1.165) is 11.0 Å². The van der Waals surface area contributed by atoms with Crippen molar-refractivity contribution in [2.45, 2.75) is 6.23 Å². The minimum atomic E-state index is -0.147. The molecule has 1 saturated heterocycles. The summed E-state index contributed by atoms with van der Waals surface area (Å²) < 4.78 is 12.7. The van der Waals surface area contributed by atoms with Gasteiger partial charge in [0.25, 0.3) is 0 Å². The Morgan fingerprint density at radius 3 is 3.07 bits per heavy atom. The second-order valence-corrected chi connectivity index (χ2v) is 3.42. The molecule has 0 bridgehead atoms. The molecule has 1 aromatic carbocycles. The van der Waals surface area contributed by atoms with E-state index in [4.69, 9.17) is 9.47 Å². The first-order chi connectivity index (χ1) is 7.45. The molecule has 78 valence electrons. The fraction of sp³-hybridized carbons (Fsp3) is 0.400. The molecular formula is C10H11N3O2. The van der Waals surface area contributed by atoms with Gasteiger partial charge >= 0.3 is 0 Å².